The van der Waals surface area contributed by atoms with Gasteiger partial charge in [0.05, 0.1) is 0 Å². The van der Waals surface area contributed by atoms with Crippen molar-refractivity contribution in [1.29, 1.82) is 0 Å². The zero-order valence-corrected chi connectivity index (χ0v) is 15.2. The number of aliphatic hydroxyl groups excluding tert-OH is 1. The maximum absolute atomic E-state index is 10.2. The van der Waals surface area contributed by atoms with Crippen LogP contribution >= 0.6 is 0 Å². The van der Waals surface area contributed by atoms with Crippen molar-refractivity contribution in [2.24, 2.45) is 0 Å². The van der Waals surface area contributed by atoms with Crippen molar-refractivity contribution in [3.8, 4) is 5.75 Å². The quantitative estimate of drug-likeness (QED) is 0.807. The molecule has 1 aromatic carbocycles. The Morgan fingerprint density at radius 2 is 1.90 bits per heavy atom. The Hall–Kier alpha value is -0.462. The Kier molecular flexibility index (Phi) is 5.57. The van der Waals surface area contributed by atoms with Crippen molar-refractivity contribution in [2.45, 2.75) is 62.5 Å². The Balaban J connectivity index is 1.96. The van der Waals surface area contributed by atoms with Gasteiger partial charge in [-0.3, -0.25) is 0 Å². The predicted octanol–water partition coefficient (Wildman–Crippen LogP) is 3.30. The van der Waals surface area contributed by atoms with Crippen LogP contribution in [-0.4, -0.2) is 33.6 Å². The molecule has 0 saturated heterocycles. The van der Waals surface area contributed by atoms with Crippen LogP contribution in [0.4, 0.5) is 0 Å². The zero-order chi connectivity index (χ0) is 14.7. The number of hydrogen-bond acceptors (Lipinski definition) is 2. The van der Waals surface area contributed by atoms with Crippen LogP contribution in [0.15, 0.2) is 12.1 Å². The predicted molar refractivity (Wildman–Crippen MR) is 86.4 cm³/mol. The van der Waals surface area contributed by atoms with Crippen LogP contribution < -0.4 is 4.74 Å². The van der Waals surface area contributed by atoms with Crippen LogP contribution in [0.2, 0.25) is 9.41 Å². The molecule has 0 saturated carbocycles. The molecule has 0 aliphatic heterocycles. The van der Waals surface area contributed by atoms with Crippen molar-refractivity contribution in [2.75, 3.05) is 6.61 Å². The third-order valence-corrected chi connectivity index (χ3v) is 7.37. The SMILES string of the molecule is Cc1ccc(OCC(O)C(C)[AsH]C(C)C)c2c1CCC2. The second-order valence-electron chi connectivity index (χ2n) is 6.18. The first-order valence-corrected chi connectivity index (χ1v) is 10.1. The molecule has 20 heavy (non-hydrogen) atoms. The van der Waals surface area contributed by atoms with Gasteiger partial charge in [-0.1, -0.05) is 0 Å². The summed E-state index contributed by atoms with van der Waals surface area (Å²) < 4.78 is 7.09. The topological polar surface area (TPSA) is 29.5 Å². The van der Waals surface area contributed by atoms with Crippen molar-refractivity contribution < 1.29 is 9.84 Å². The number of ether oxygens (including phenoxy) is 1. The molecule has 0 fully saturated rings. The standard InChI is InChI=1S/C17H27AsO2/c1-11(2)18-13(4)16(19)10-20-17-9-8-12(3)14-6-5-7-15(14)17/h8-9,11,13,16,18-19H,5-7,10H2,1-4H3. The van der Waals surface area contributed by atoms with Gasteiger partial charge in [0.15, 0.2) is 0 Å². The van der Waals surface area contributed by atoms with Crippen molar-refractivity contribution >= 4 is 15.8 Å². The molecule has 2 nitrogen and oxygen atoms in total. The molecule has 3 heteroatoms. The van der Waals surface area contributed by atoms with Crippen LogP contribution in [0.3, 0.4) is 0 Å². The van der Waals surface area contributed by atoms with Gasteiger partial charge in [0.1, 0.15) is 0 Å². The molecule has 0 heterocycles. The molecular weight excluding hydrogens is 311 g/mol. The molecule has 0 amide bonds. The van der Waals surface area contributed by atoms with E-state index in [0.717, 1.165) is 16.9 Å². The van der Waals surface area contributed by atoms with Gasteiger partial charge in [0.25, 0.3) is 0 Å². The maximum atomic E-state index is 10.2. The summed E-state index contributed by atoms with van der Waals surface area (Å²) in [7, 11) is 0. The Labute approximate surface area is 129 Å². The minimum absolute atomic E-state index is 0.0977. The van der Waals surface area contributed by atoms with Gasteiger partial charge in [-0.05, 0) is 0 Å². The van der Waals surface area contributed by atoms with Crippen LogP contribution in [0.5, 0.6) is 5.75 Å². The molecule has 0 spiro atoms. The molecule has 3 unspecified atom stereocenters. The zero-order valence-electron chi connectivity index (χ0n) is 13.1. The molecular formula is C17H27AsO2. The second kappa shape index (κ2) is 7.00. The van der Waals surface area contributed by atoms with Gasteiger partial charge < -0.3 is 0 Å². The summed E-state index contributed by atoms with van der Waals surface area (Å²) in [5.74, 6) is 0.999. The average Bonchev–Trinajstić information content (AvgIpc) is 2.87. The van der Waals surface area contributed by atoms with E-state index in [1.54, 1.807) is 0 Å². The van der Waals surface area contributed by atoms with Crippen molar-refractivity contribution in [1.82, 2.24) is 0 Å². The minimum atomic E-state index is -0.323. The van der Waals surface area contributed by atoms with Crippen molar-refractivity contribution in [3.05, 3.63) is 28.8 Å². The fourth-order valence-corrected chi connectivity index (χ4v) is 5.82. The molecule has 112 valence electrons. The van der Waals surface area contributed by atoms with Crippen LogP contribution in [0, 0.1) is 6.92 Å². The number of fused-ring (bicyclic) bond motifs is 1. The normalized spacial score (nSPS) is 17.7. The van der Waals surface area contributed by atoms with E-state index in [9.17, 15) is 5.11 Å². The molecule has 0 bridgehead atoms. The summed E-state index contributed by atoms with van der Waals surface area (Å²) >= 11 is -0.0977. The first-order chi connectivity index (χ1) is 9.49. The number of benzene rings is 1. The Morgan fingerprint density at radius 3 is 2.60 bits per heavy atom. The number of rotatable bonds is 6. The number of aryl methyl sites for hydroxylation is 1. The number of aliphatic hydroxyl groups is 1. The Bertz CT molecular complexity index is 457. The molecule has 0 aromatic heterocycles. The van der Waals surface area contributed by atoms with E-state index in [0.29, 0.717) is 11.3 Å². The first-order valence-electron chi connectivity index (χ1n) is 7.67. The average molecular weight is 338 g/mol. The van der Waals surface area contributed by atoms with Crippen molar-refractivity contribution in [3.63, 3.8) is 0 Å². The summed E-state index contributed by atoms with van der Waals surface area (Å²) in [6, 6.07) is 4.23. The number of hydrogen-bond donors (Lipinski definition) is 1. The third kappa shape index (κ3) is 3.80. The van der Waals surface area contributed by atoms with Crippen LogP contribution in [-0.2, 0) is 12.8 Å². The summed E-state index contributed by atoms with van der Waals surface area (Å²) in [4.78, 5) is 0. The second-order valence-corrected chi connectivity index (χ2v) is 11.2. The van der Waals surface area contributed by atoms with Gasteiger partial charge in [-0.15, -0.1) is 0 Å². The molecule has 1 aromatic rings. The van der Waals surface area contributed by atoms with E-state index in [-0.39, 0.29) is 21.9 Å². The van der Waals surface area contributed by atoms with E-state index in [2.05, 4.69) is 39.8 Å². The van der Waals surface area contributed by atoms with Crippen LogP contribution in [0.25, 0.3) is 0 Å². The van der Waals surface area contributed by atoms with E-state index < -0.39 is 0 Å². The van der Waals surface area contributed by atoms with E-state index in [4.69, 9.17) is 4.74 Å². The summed E-state index contributed by atoms with van der Waals surface area (Å²) in [5.41, 5.74) is 4.23. The fraction of sp³-hybridized carbons (Fsp3) is 0.647. The molecule has 1 N–H and O–H groups in total. The molecule has 1 aliphatic rings. The molecule has 3 atom stereocenters. The summed E-state index contributed by atoms with van der Waals surface area (Å²) in [6.45, 7) is 9.27. The van der Waals surface area contributed by atoms with Gasteiger partial charge in [0.2, 0.25) is 0 Å². The van der Waals surface area contributed by atoms with E-state index >= 15 is 0 Å². The Morgan fingerprint density at radius 1 is 1.20 bits per heavy atom. The first kappa shape index (κ1) is 15.9. The summed E-state index contributed by atoms with van der Waals surface area (Å²) in [5, 5.41) is 10.2. The van der Waals surface area contributed by atoms with Gasteiger partial charge in [0, 0.05) is 0 Å². The molecule has 2 rings (SSSR count). The molecule has 1 aliphatic carbocycles. The van der Waals surface area contributed by atoms with Crippen LogP contribution in [0.1, 0.15) is 43.9 Å². The van der Waals surface area contributed by atoms with E-state index in [1.165, 1.54) is 29.5 Å². The molecule has 0 radical (unpaired) electrons. The van der Waals surface area contributed by atoms with Gasteiger partial charge in [-0.25, -0.2) is 0 Å². The fourth-order valence-electron chi connectivity index (χ4n) is 2.94. The third-order valence-electron chi connectivity index (χ3n) is 4.06. The van der Waals surface area contributed by atoms with Gasteiger partial charge in [-0.2, -0.15) is 0 Å². The summed E-state index contributed by atoms with van der Waals surface area (Å²) in [6.07, 6.45) is 3.21. The van der Waals surface area contributed by atoms with Gasteiger partial charge >= 0.3 is 129 Å². The monoisotopic (exact) mass is 338 g/mol. The van der Waals surface area contributed by atoms with E-state index in [1.807, 2.05) is 0 Å².